The summed E-state index contributed by atoms with van der Waals surface area (Å²) in [4.78, 5) is 6.78. The fourth-order valence-corrected chi connectivity index (χ4v) is 3.67. The zero-order chi connectivity index (χ0) is 21.2. The van der Waals surface area contributed by atoms with Gasteiger partial charge in [-0.3, -0.25) is 9.89 Å². The molecule has 7 nitrogen and oxygen atoms in total. The number of aliphatic imine (C=N–C) groups is 1. The summed E-state index contributed by atoms with van der Waals surface area (Å²) < 4.78 is 29.9. The van der Waals surface area contributed by atoms with Gasteiger partial charge in [-0.15, -0.1) is 34.2 Å². The molecule has 1 fully saturated rings. The van der Waals surface area contributed by atoms with Gasteiger partial charge in [-0.2, -0.15) is 0 Å². The fourth-order valence-electron chi connectivity index (χ4n) is 3.67. The van der Waals surface area contributed by atoms with Crippen LogP contribution in [0.3, 0.4) is 0 Å². The molecule has 1 saturated heterocycles. The summed E-state index contributed by atoms with van der Waals surface area (Å²) >= 11 is 0. The molecule has 0 radical (unpaired) electrons. The Morgan fingerprint density at radius 2 is 1.94 bits per heavy atom. The van der Waals surface area contributed by atoms with Crippen molar-refractivity contribution < 1.29 is 8.78 Å². The summed E-state index contributed by atoms with van der Waals surface area (Å²) in [5.41, 5.74) is 0.145. The van der Waals surface area contributed by atoms with Crippen LogP contribution in [-0.4, -0.2) is 57.8 Å². The maximum Gasteiger partial charge on any atom is 0.191 e. The molecule has 0 aliphatic carbocycles. The van der Waals surface area contributed by atoms with Crippen LogP contribution < -0.4 is 10.6 Å². The summed E-state index contributed by atoms with van der Waals surface area (Å²) in [6, 6.07) is 4.23. The minimum Gasteiger partial charge on any atom is -0.357 e. The van der Waals surface area contributed by atoms with Crippen LogP contribution in [0.25, 0.3) is 0 Å². The lowest BCUT2D eigenvalue weighted by atomic mass is 10.0. The van der Waals surface area contributed by atoms with E-state index in [-0.39, 0.29) is 42.1 Å². The number of likely N-dealkylation sites (tertiary alicyclic amines) is 1. The zero-order valence-electron chi connectivity index (χ0n) is 17.9. The molecule has 2 aromatic rings. The number of unbranched alkanes of at least 4 members (excludes halogenated alkanes) is 1. The Morgan fingerprint density at radius 3 is 2.65 bits per heavy atom. The summed E-state index contributed by atoms with van der Waals surface area (Å²) in [6.07, 6.45) is 7.40. The van der Waals surface area contributed by atoms with Crippen molar-refractivity contribution in [1.29, 1.82) is 0 Å². The van der Waals surface area contributed by atoms with Crippen LogP contribution in [0.1, 0.15) is 38.2 Å². The molecule has 1 aliphatic heterocycles. The minimum atomic E-state index is -0.480. The fraction of sp³-hybridized carbons (Fsp3) is 0.571. The highest BCUT2D eigenvalue weighted by Crippen LogP contribution is 2.18. The van der Waals surface area contributed by atoms with Gasteiger partial charge < -0.3 is 15.2 Å². The zero-order valence-corrected chi connectivity index (χ0v) is 20.3. The molecule has 2 heterocycles. The first-order valence-electron chi connectivity index (χ1n) is 10.7. The van der Waals surface area contributed by atoms with Crippen molar-refractivity contribution in [3.05, 3.63) is 48.1 Å². The molecule has 0 spiro atoms. The third-order valence-corrected chi connectivity index (χ3v) is 5.19. The number of guanidine groups is 1. The van der Waals surface area contributed by atoms with E-state index in [1.807, 2.05) is 11.5 Å². The topological polar surface area (TPSA) is 70.4 Å². The highest BCUT2D eigenvalue weighted by molar-refractivity contribution is 14.0. The lowest BCUT2D eigenvalue weighted by molar-refractivity contribution is 0.188. The second-order valence-corrected chi connectivity index (χ2v) is 7.59. The predicted octanol–water partition coefficient (Wildman–Crippen LogP) is 3.17. The first kappa shape index (κ1) is 25.4. The number of nitrogens with one attached hydrogen (secondary N) is 2. The van der Waals surface area contributed by atoms with Gasteiger partial charge in [0.05, 0.1) is 0 Å². The molecule has 1 unspecified atom stereocenters. The van der Waals surface area contributed by atoms with Crippen LogP contribution in [-0.2, 0) is 13.1 Å². The molecule has 1 atom stereocenters. The first-order chi connectivity index (χ1) is 14.7. The average molecular weight is 547 g/mol. The highest BCUT2D eigenvalue weighted by atomic mass is 127. The number of aromatic nitrogens is 3. The standard InChI is InChI=1S/C21H31F2N7.HI/c1-2-24-21(25-10-3-4-11-30-15-26-27-16-30)28-17-7-6-12-29(13-17)14-18-19(22)8-5-9-20(18)23;/h5,8-9,15-17H,2-4,6-7,10-14H2,1H3,(H2,24,25,28);1H. The molecule has 2 N–H and O–H groups in total. The summed E-state index contributed by atoms with van der Waals surface area (Å²) in [7, 11) is 0. The van der Waals surface area contributed by atoms with Crippen molar-refractivity contribution in [1.82, 2.24) is 30.3 Å². The van der Waals surface area contributed by atoms with Crippen molar-refractivity contribution >= 4 is 29.9 Å². The van der Waals surface area contributed by atoms with Gasteiger partial charge in [-0.05, 0) is 51.3 Å². The van der Waals surface area contributed by atoms with Crippen molar-refractivity contribution in [2.45, 2.75) is 51.7 Å². The molecule has 0 saturated carbocycles. The van der Waals surface area contributed by atoms with Crippen molar-refractivity contribution in [2.24, 2.45) is 4.99 Å². The highest BCUT2D eigenvalue weighted by Gasteiger charge is 2.22. The number of aryl methyl sites for hydroxylation is 1. The van der Waals surface area contributed by atoms with Gasteiger partial charge in [0.25, 0.3) is 0 Å². The van der Waals surface area contributed by atoms with E-state index >= 15 is 0 Å². The first-order valence-corrected chi connectivity index (χ1v) is 10.7. The quantitative estimate of drug-likeness (QED) is 0.219. The maximum absolute atomic E-state index is 14.0. The maximum atomic E-state index is 14.0. The normalized spacial score (nSPS) is 17.3. The van der Waals surface area contributed by atoms with Gasteiger partial charge in [-0.1, -0.05) is 6.07 Å². The van der Waals surface area contributed by atoms with Gasteiger partial charge in [0, 0.05) is 44.3 Å². The number of halogens is 3. The second-order valence-electron chi connectivity index (χ2n) is 7.59. The van der Waals surface area contributed by atoms with E-state index in [0.29, 0.717) is 0 Å². The summed E-state index contributed by atoms with van der Waals surface area (Å²) in [5.74, 6) is -0.163. The molecule has 1 aromatic heterocycles. The second kappa shape index (κ2) is 13.6. The molecule has 0 amide bonds. The SMILES string of the molecule is CCNC(=NCCCCn1cnnc1)NC1CCCN(Cc2c(F)cccc2F)C1.I. The lowest BCUT2D eigenvalue weighted by Gasteiger charge is -2.34. The molecule has 3 rings (SSSR count). The minimum absolute atomic E-state index is 0. The molecular weight excluding hydrogens is 515 g/mol. The van der Waals surface area contributed by atoms with E-state index in [2.05, 4.69) is 30.7 Å². The van der Waals surface area contributed by atoms with E-state index in [1.54, 1.807) is 12.7 Å². The molecular formula is C21H32F2IN7. The number of piperidine rings is 1. The van der Waals surface area contributed by atoms with E-state index in [9.17, 15) is 8.78 Å². The molecule has 10 heteroatoms. The Balaban J connectivity index is 0.00000341. The van der Waals surface area contributed by atoms with E-state index < -0.39 is 11.6 Å². The van der Waals surface area contributed by atoms with Crippen LogP contribution in [0, 0.1) is 11.6 Å². The van der Waals surface area contributed by atoms with Gasteiger partial charge in [0.2, 0.25) is 0 Å². The Bertz CT molecular complexity index is 781. The molecule has 0 bridgehead atoms. The Kier molecular flexibility index (Phi) is 11.1. The number of benzene rings is 1. The van der Waals surface area contributed by atoms with Crippen LogP contribution in [0.2, 0.25) is 0 Å². The predicted molar refractivity (Wildman–Crippen MR) is 128 cm³/mol. The van der Waals surface area contributed by atoms with Gasteiger partial charge >= 0.3 is 0 Å². The van der Waals surface area contributed by atoms with E-state index in [4.69, 9.17) is 0 Å². The number of hydrogen-bond donors (Lipinski definition) is 2. The molecule has 31 heavy (non-hydrogen) atoms. The average Bonchev–Trinajstić information content (AvgIpc) is 3.25. The Morgan fingerprint density at radius 1 is 1.19 bits per heavy atom. The molecule has 1 aliphatic rings. The van der Waals surface area contributed by atoms with E-state index in [0.717, 1.165) is 64.4 Å². The van der Waals surface area contributed by atoms with Crippen molar-refractivity contribution in [2.75, 3.05) is 26.2 Å². The molecule has 172 valence electrons. The number of rotatable bonds is 9. The smallest absolute Gasteiger partial charge is 0.191 e. The van der Waals surface area contributed by atoms with Gasteiger partial charge in [0.1, 0.15) is 24.3 Å². The van der Waals surface area contributed by atoms with Crippen molar-refractivity contribution in [3.8, 4) is 0 Å². The van der Waals surface area contributed by atoms with Crippen LogP contribution in [0.4, 0.5) is 8.78 Å². The van der Waals surface area contributed by atoms with Crippen molar-refractivity contribution in [3.63, 3.8) is 0 Å². The van der Waals surface area contributed by atoms with Crippen LogP contribution in [0.15, 0.2) is 35.8 Å². The number of nitrogens with zero attached hydrogens (tertiary/aromatic N) is 5. The van der Waals surface area contributed by atoms with Gasteiger partial charge in [-0.25, -0.2) is 8.78 Å². The third-order valence-electron chi connectivity index (χ3n) is 5.19. The molecule has 1 aromatic carbocycles. The Labute approximate surface area is 199 Å². The third kappa shape index (κ3) is 8.32. The van der Waals surface area contributed by atoms with E-state index in [1.165, 1.54) is 18.2 Å². The monoisotopic (exact) mass is 547 g/mol. The lowest BCUT2D eigenvalue weighted by Crippen LogP contribution is -2.51. The number of hydrogen-bond acceptors (Lipinski definition) is 4. The van der Waals surface area contributed by atoms with Crippen LogP contribution in [0.5, 0.6) is 0 Å². The van der Waals surface area contributed by atoms with Crippen LogP contribution >= 0.6 is 24.0 Å². The van der Waals surface area contributed by atoms with Gasteiger partial charge in [0.15, 0.2) is 5.96 Å². The largest absolute Gasteiger partial charge is 0.357 e. The Hall–Kier alpha value is -1.82. The summed E-state index contributed by atoms with van der Waals surface area (Å²) in [6.45, 7) is 6.29. The summed E-state index contributed by atoms with van der Waals surface area (Å²) in [5, 5.41) is 14.4.